The van der Waals surface area contributed by atoms with Gasteiger partial charge in [-0.2, -0.15) is 0 Å². The zero-order chi connectivity index (χ0) is 25.7. The summed E-state index contributed by atoms with van der Waals surface area (Å²) in [6.45, 7) is 10.0. The van der Waals surface area contributed by atoms with Gasteiger partial charge in [-0.1, -0.05) is 80.4 Å². The van der Waals surface area contributed by atoms with Crippen molar-refractivity contribution in [3.05, 3.63) is 104 Å². The van der Waals surface area contributed by atoms with Crippen molar-refractivity contribution in [1.82, 2.24) is 0 Å². The van der Waals surface area contributed by atoms with Gasteiger partial charge in [0.2, 0.25) is 0 Å². The Balaban J connectivity index is 2.02. The lowest BCUT2D eigenvalue weighted by Gasteiger charge is -2.27. The number of hydrogen-bond acceptors (Lipinski definition) is 3. The number of nitrogens with zero attached hydrogens (tertiary/aromatic N) is 1. The molecule has 1 atom stereocenters. The van der Waals surface area contributed by atoms with E-state index in [9.17, 15) is 14.7 Å². The van der Waals surface area contributed by atoms with Crippen LogP contribution in [0.4, 0.5) is 5.69 Å². The van der Waals surface area contributed by atoms with Crippen LogP contribution in [0.1, 0.15) is 54.6 Å². The lowest BCUT2D eigenvalue weighted by Crippen LogP contribution is -2.29. The maximum atomic E-state index is 13.5. The number of aryl methyl sites for hydroxylation is 2. The number of aliphatic hydroxyl groups excluding tert-OH is 1. The van der Waals surface area contributed by atoms with Crippen LogP contribution in [-0.2, 0) is 15.0 Å². The van der Waals surface area contributed by atoms with Crippen molar-refractivity contribution in [2.24, 2.45) is 0 Å². The number of carbonyl (C=O) groups is 2. The Morgan fingerprint density at radius 3 is 2.11 bits per heavy atom. The van der Waals surface area contributed by atoms with Crippen molar-refractivity contribution < 1.29 is 14.7 Å². The fourth-order valence-corrected chi connectivity index (χ4v) is 4.97. The molecule has 3 aromatic rings. The second-order valence-corrected chi connectivity index (χ2v) is 10.8. The SMILES string of the molecule is Cc1ccc(C(C)(C)C)cc1/C(O)=C1\C(=O)C(=O)N(c2cc(Cl)cc(Cl)c2)C1c1ccccc1C. The summed E-state index contributed by atoms with van der Waals surface area (Å²) in [5.41, 5.74) is 4.20. The van der Waals surface area contributed by atoms with Crippen LogP contribution in [0, 0.1) is 13.8 Å². The van der Waals surface area contributed by atoms with Crippen LogP contribution in [0.3, 0.4) is 0 Å². The van der Waals surface area contributed by atoms with E-state index in [-0.39, 0.29) is 16.7 Å². The number of Topliss-reactive ketones (excluding diaryl/α,β-unsaturated/α-hetero) is 1. The number of ketones is 1. The van der Waals surface area contributed by atoms with Crippen molar-refractivity contribution in [2.45, 2.75) is 46.1 Å². The Bertz CT molecular complexity index is 1360. The molecule has 35 heavy (non-hydrogen) atoms. The lowest BCUT2D eigenvalue weighted by molar-refractivity contribution is -0.132. The standard InChI is InChI=1S/C29H27Cl2NO3/c1-16-8-6-7-9-22(16)25-24(26(33)23-12-18(29(3,4)5)11-10-17(23)2)27(34)28(35)32(25)21-14-19(30)13-20(31)15-21/h6-15,25,33H,1-5H3/b26-24+. The largest absolute Gasteiger partial charge is 0.507 e. The molecule has 1 amide bonds. The highest BCUT2D eigenvalue weighted by Gasteiger charge is 2.47. The van der Waals surface area contributed by atoms with Gasteiger partial charge in [-0.3, -0.25) is 14.5 Å². The quantitative estimate of drug-likeness (QED) is 0.226. The van der Waals surface area contributed by atoms with Crippen molar-refractivity contribution in [3.8, 4) is 0 Å². The molecule has 0 saturated carbocycles. The van der Waals surface area contributed by atoms with Crippen LogP contribution in [-0.4, -0.2) is 16.8 Å². The van der Waals surface area contributed by atoms with Gasteiger partial charge in [0.1, 0.15) is 5.76 Å². The van der Waals surface area contributed by atoms with Crippen molar-refractivity contribution in [1.29, 1.82) is 0 Å². The molecule has 3 aromatic carbocycles. The van der Waals surface area contributed by atoms with E-state index < -0.39 is 17.7 Å². The Morgan fingerprint density at radius 2 is 1.51 bits per heavy atom. The molecule has 0 aromatic heterocycles. The van der Waals surface area contributed by atoms with Gasteiger partial charge < -0.3 is 5.11 Å². The molecule has 6 heteroatoms. The molecule has 1 aliphatic rings. The number of amides is 1. The highest BCUT2D eigenvalue weighted by Crippen LogP contribution is 2.44. The first-order chi connectivity index (χ1) is 16.4. The second kappa shape index (κ2) is 9.18. The van der Waals surface area contributed by atoms with E-state index >= 15 is 0 Å². The maximum absolute atomic E-state index is 13.5. The predicted molar refractivity (Wildman–Crippen MR) is 142 cm³/mol. The number of carbonyl (C=O) groups excluding carboxylic acids is 2. The summed E-state index contributed by atoms with van der Waals surface area (Å²) in [6.07, 6.45) is 0. The van der Waals surface area contributed by atoms with Crippen LogP contribution >= 0.6 is 23.2 Å². The minimum Gasteiger partial charge on any atom is -0.507 e. The third-order valence-electron chi connectivity index (χ3n) is 6.41. The smallest absolute Gasteiger partial charge is 0.300 e. The van der Waals surface area contributed by atoms with Gasteiger partial charge in [-0.25, -0.2) is 0 Å². The normalized spacial score (nSPS) is 17.8. The number of aliphatic hydroxyl groups is 1. The second-order valence-electron chi connectivity index (χ2n) is 9.93. The molecular formula is C29H27Cl2NO3. The van der Waals surface area contributed by atoms with Gasteiger partial charge in [-0.15, -0.1) is 0 Å². The summed E-state index contributed by atoms with van der Waals surface area (Å²) in [6, 6.07) is 17.2. The summed E-state index contributed by atoms with van der Waals surface area (Å²) in [5.74, 6) is -1.70. The summed E-state index contributed by atoms with van der Waals surface area (Å²) >= 11 is 12.5. The molecule has 1 unspecified atom stereocenters. The van der Waals surface area contributed by atoms with E-state index in [1.54, 1.807) is 18.2 Å². The van der Waals surface area contributed by atoms with Crippen molar-refractivity contribution in [2.75, 3.05) is 4.90 Å². The van der Waals surface area contributed by atoms with Gasteiger partial charge in [0.05, 0.1) is 11.6 Å². The average Bonchev–Trinajstić information content (AvgIpc) is 3.03. The zero-order valence-electron chi connectivity index (χ0n) is 20.3. The minimum absolute atomic E-state index is 0.0366. The molecule has 1 saturated heterocycles. The fourth-order valence-electron chi connectivity index (χ4n) is 4.45. The summed E-state index contributed by atoms with van der Waals surface area (Å²) < 4.78 is 0. The van der Waals surface area contributed by atoms with Crippen LogP contribution in [0.5, 0.6) is 0 Å². The number of anilines is 1. The molecule has 180 valence electrons. The van der Waals surface area contributed by atoms with Gasteiger partial charge in [0, 0.05) is 21.3 Å². The molecular weight excluding hydrogens is 481 g/mol. The Kier molecular flexibility index (Phi) is 6.56. The van der Waals surface area contributed by atoms with Gasteiger partial charge in [0.15, 0.2) is 0 Å². The highest BCUT2D eigenvalue weighted by molar-refractivity contribution is 6.52. The fraction of sp³-hybridized carbons (Fsp3) is 0.241. The Morgan fingerprint density at radius 1 is 0.886 bits per heavy atom. The highest BCUT2D eigenvalue weighted by atomic mass is 35.5. The molecule has 0 spiro atoms. The monoisotopic (exact) mass is 507 g/mol. The predicted octanol–water partition coefficient (Wildman–Crippen LogP) is 7.53. The molecule has 4 nitrogen and oxygen atoms in total. The summed E-state index contributed by atoms with van der Waals surface area (Å²) in [5, 5.41) is 12.3. The van der Waals surface area contributed by atoms with Gasteiger partial charge in [0.25, 0.3) is 11.7 Å². The summed E-state index contributed by atoms with van der Waals surface area (Å²) in [7, 11) is 0. The molecule has 1 fully saturated rings. The number of halogens is 2. The van der Waals surface area contributed by atoms with E-state index in [0.717, 1.165) is 22.3 Å². The van der Waals surface area contributed by atoms with E-state index in [2.05, 4.69) is 20.8 Å². The van der Waals surface area contributed by atoms with Gasteiger partial charge >= 0.3 is 0 Å². The third-order valence-corrected chi connectivity index (χ3v) is 6.85. The number of benzene rings is 3. The van der Waals surface area contributed by atoms with E-state index in [1.807, 2.05) is 56.3 Å². The van der Waals surface area contributed by atoms with Crippen LogP contribution in [0.2, 0.25) is 10.0 Å². The summed E-state index contributed by atoms with van der Waals surface area (Å²) in [4.78, 5) is 28.3. The van der Waals surface area contributed by atoms with E-state index in [0.29, 0.717) is 21.3 Å². The Hall–Kier alpha value is -3.08. The first-order valence-corrected chi connectivity index (χ1v) is 12.1. The number of hydrogen-bond donors (Lipinski definition) is 1. The lowest BCUT2D eigenvalue weighted by atomic mass is 9.84. The molecule has 0 bridgehead atoms. The molecule has 1 aliphatic heterocycles. The van der Waals surface area contributed by atoms with E-state index in [1.165, 1.54) is 4.90 Å². The van der Waals surface area contributed by atoms with Crippen LogP contribution in [0.15, 0.2) is 66.2 Å². The average molecular weight is 508 g/mol. The molecule has 4 rings (SSSR count). The molecule has 0 radical (unpaired) electrons. The molecule has 1 heterocycles. The van der Waals surface area contributed by atoms with Gasteiger partial charge in [-0.05, 0) is 65.8 Å². The first-order valence-electron chi connectivity index (χ1n) is 11.3. The third kappa shape index (κ3) is 4.61. The van der Waals surface area contributed by atoms with E-state index in [4.69, 9.17) is 23.2 Å². The zero-order valence-corrected chi connectivity index (χ0v) is 21.8. The van der Waals surface area contributed by atoms with Crippen molar-refractivity contribution >= 4 is 46.3 Å². The molecule has 1 N–H and O–H groups in total. The minimum atomic E-state index is -0.844. The van der Waals surface area contributed by atoms with Crippen LogP contribution in [0.25, 0.3) is 5.76 Å². The topological polar surface area (TPSA) is 57.6 Å². The maximum Gasteiger partial charge on any atom is 0.300 e. The number of rotatable bonds is 3. The first kappa shape index (κ1) is 25.0. The van der Waals surface area contributed by atoms with Crippen molar-refractivity contribution in [3.63, 3.8) is 0 Å². The Labute approximate surface area is 215 Å². The van der Waals surface area contributed by atoms with Crippen LogP contribution < -0.4 is 4.90 Å². The molecule has 0 aliphatic carbocycles.